The van der Waals surface area contributed by atoms with E-state index in [1.165, 1.54) is 0 Å². The number of hydrogen-bond donors (Lipinski definition) is 2. The van der Waals surface area contributed by atoms with Gasteiger partial charge in [0.15, 0.2) is 0 Å². The van der Waals surface area contributed by atoms with Gasteiger partial charge in [-0.05, 0) is 19.1 Å². The maximum absolute atomic E-state index is 5.26. The van der Waals surface area contributed by atoms with Crippen LogP contribution in [0.2, 0.25) is 0 Å². The molecule has 2 N–H and O–H groups in total. The van der Waals surface area contributed by atoms with Crippen molar-refractivity contribution in [2.45, 2.75) is 13.5 Å². The molecule has 2 aromatic rings. The minimum Gasteiger partial charge on any atom is -0.478 e. The summed E-state index contributed by atoms with van der Waals surface area (Å²) in [5.74, 6) is 0.648. The van der Waals surface area contributed by atoms with Crippen LogP contribution in [0.4, 0.5) is 5.69 Å². The summed E-state index contributed by atoms with van der Waals surface area (Å²) in [6.07, 6.45) is 3.48. The van der Waals surface area contributed by atoms with Crippen molar-refractivity contribution in [3.63, 3.8) is 0 Å². The monoisotopic (exact) mass is 218 g/mol. The van der Waals surface area contributed by atoms with Crippen LogP contribution in [-0.2, 0) is 6.54 Å². The lowest BCUT2D eigenvalue weighted by molar-refractivity contribution is 0.327. The first-order chi connectivity index (χ1) is 7.88. The smallest absolute Gasteiger partial charge is 0.213 e. The molecule has 0 amide bonds. The Morgan fingerprint density at radius 2 is 2.31 bits per heavy atom. The highest BCUT2D eigenvalue weighted by Gasteiger charge is 1.97. The van der Waals surface area contributed by atoms with Gasteiger partial charge in [-0.25, -0.2) is 4.98 Å². The lowest BCUT2D eigenvalue weighted by Gasteiger charge is -2.05. The molecule has 84 valence electrons. The van der Waals surface area contributed by atoms with Crippen LogP contribution >= 0.6 is 0 Å². The fourth-order valence-electron chi connectivity index (χ4n) is 1.30. The second kappa shape index (κ2) is 5.16. The van der Waals surface area contributed by atoms with E-state index >= 15 is 0 Å². The molecular weight excluding hydrogens is 204 g/mol. The average molecular weight is 218 g/mol. The number of hydrogen-bond acceptors (Lipinski definition) is 4. The Kier molecular flexibility index (Phi) is 3.38. The zero-order chi connectivity index (χ0) is 11.2. The Balaban J connectivity index is 1.90. The van der Waals surface area contributed by atoms with Crippen LogP contribution in [0.3, 0.4) is 0 Å². The molecule has 0 unspecified atom stereocenters. The largest absolute Gasteiger partial charge is 0.478 e. The summed E-state index contributed by atoms with van der Waals surface area (Å²) in [5.41, 5.74) is 1.99. The first-order valence-electron chi connectivity index (χ1n) is 5.19. The van der Waals surface area contributed by atoms with E-state index in [1.807, 2.05) is 25.1 Å². The molecular formula is C11H14N4O. The van der Waals surface area contributed by atoms with Crippen LogP contribution in [-0.4, -0.2) is 21.8 Å². The van der Waals surface area contributed by atoms with Crippen molar-refractivity contribution < 1.29 is 4.74 Å². The molecule has 16 heavy (non-hydrogen) atoms. The first-order valence-corrected chi connectivity index (χ1v) is 5.19. The van der Waals surface area contributed by atoms with E-state index in [2.05, 4.69) is 20.5 Å². The molecule has 2 heterocycles. The number of aromatic nitrogens is 3. The van der Waals surface area contributed by atoms with Gasteiger partial charge in [-0.2, -0.15) is 5.10 Å². The van der Waals surface area contributed by atoms with Gasteiger partial charge in [0.2, 0.25) is 5.88 Å². The standard InChI is InChI=1S/C11H14N4O/c1-2-16-11-4-3-9(7-13-11)12-8-10-5-6-14-15-10/h3-7,12H,2,8H2,1H3,(H,14,15). The van der Waals surface area contributed by atoms with E-state index < -0.39 is 0 Å². The van der Waals surface area contributed by atoms with Crippen LogP contribution < -0.4 is 10.1 Å². The number of pyridine rings is 1. The van der Waals surface area contributed by atoms with E-state index in [-0.39, 0.29) is 0 Å². The van der Waals surface area contributed by atoms with Gasteiger partial charge < -0.3 is 10.1 Å². The molecule has 5 heteroatoms. The average Bonchev–Trinajstić information content (AvgIpc) is 2.82. The lowest BCUT2D eigenvalue weighted by atomic mass is 10.4. The summed E-state index contributed by atoms with van der Waals surface area (Å²) in [4.78, 5) is 4.16. The molecule has 5 nitrogen and oxygen atoms in total. The fourth-order valence-corrected chi connectivity index (χ4v) is 1.30. The molecule has 0 aliphatic rings. The van der Waals surface area contributed by atoms with Gasteiger partial charge in [-0.1, -0.05) is 0 Å². The molecule has 0 saturated heterocycles. The maximum Gasteiger partial charge on any atom is 0.213 e. The van der Waals surface area contributed by atoms with E-state index in [0.717, 1.165) is 11.4 Å². The molecule has 0 atom stereocenters. The lowest BCUT2D eigenvalue weighted by Crippen LogP contribution is -2.01. The predicted octanol–water partition coefficient (Wildman–Crippen LogP) is 1.82. The predicted molar refractivity (Wildman–Crippen MR) is 61.3 cm³/mol. The van der Waals surface area contributed by atoms with E-state index in [9.17, 15) is 0 Å². The minimum absolute atomic E-state index is 0.633. The van der Waals surface area contributed by atoms with Crippen LogP contribution in [0.25, 0.3) is 0 Å². The number of rotatable bonds is 5. The molecule has 0 aliphatic carbocycles. The zero-order valence-corrected chi connectivity index (χ0v) is 9.10. The quantitative estimate of drug-likeness (QED) is 0.803. The van der Waals surface area contributed by atoms with E-state index in [1.54, 1.807) is 12.4 Å². The molecule has 0 fully saturated rings. The Morgan fingerprint density at radius 3 is 2.94 bits per heavy atom. The third kappa shape index (κ3) is 2.73. The molecule has 2 aromatic heterocycles. The molecule has 0 radical (unpaired) electrons. The third-order valence-corrected chi connectivity index (χ3v) is 2.07. The van der Waals surface area contributed by atoms with Crippen molar-refractivity contribution in [1.82, 2.24) is 15.2 Å². The summed E-state index contributed by atoms with van der Waals surface area (Å²) < 4.78 is 5.26. The Hall–Kier alpha value is -2.04. The van der Waals surface area contributed by atoms with Gasteiger partial charge in [0, 0.05) is 12.3 Å². The van der Waals surface area contributed by atoms with Gasteiger partial charge >= 0.3 is 0 Å². The summed E-state index contributed by atoms with van der Waals surface area (Å²) in [7, 11) is 0. The summed E-state index contributed by atoms with van der Waals surface area (Å²) in [6, 6.07) is 5.71. The third-order valence-electron chi connectivity index (χ3n) is 2.07. The van der Waals surface area contributed by atoms with Gasteiger partial charge in [0.1, 0.15) is 0 Å². The molecule has 0 aromatic carbocycles. The fraction of sp³-hybridized carbons (Fsp3) is 0.273. The van der Waals surface area contributed by atoms with Gasteiger partial charge in [-0.15, -0.1) is 0 Å². The van der Waals surface area contributed by atoms with Crippen molar-refractivity contribution in [1.29, 1.82) is 0 Å². The highest BCUT2D eigenvalue weighted by Crippen LogP contribution is 2.12. The first kappa shape index (κ1) is 10.5. The molecule has 0 saturated carbocycles. The van der Waals surface area contributed by atoms with Crippen molar-refractivity contribution in [3.8, 4) is 5.88 Å². The molecule has 0 aliphatic heterocycles. The van der Waals surface area contributed by atoms with Crippen LogP contribution in [0.5, 0.6) is 5.88 Å². The van der Waals surface area contributed by atoms with Crippen molar-refractivity contribution in [2.75, 3.05) is 11.9 Å². The second-order valence-electron chi connectivity index (χ2n) is 3.25. The zero-order valence-electron chi connectivity index (χ0n) is 9.10. The summed E-state index contributed by atoms with van der Waals surface area (Å²) >= 11 is 0. The second-order valence-corrected chi connectivity index (χ2v) is 3.25. The Labute approximate surface area is 93.9 Å². The van der Waals surface area contributed by atoms with Crippen molar-refractivity contribution in [3.05, 3.63) is 36.3 Å². The number of aromatic amines is 1. The molecule has 0 spiro atoms. The summed E-state index contributed by atoms with van der Waals surface area (Å²) in [6.45, 7) is 3.27. The van der Waals surface area contributed by atoms with Crippen molar-refractivity contribution >= 4 is 5.69 Å². The highest BCUT2D eigenvalue weighted by atomic mass is 16.5. The molecule has 2 rings (SSSR count). The topological polar surface area (TPSA) is 62.8 Å². The number of H-pyrrole nitrogens is 1. The number of ether oxygens (including phenoxy) is 1. The Morgan fingerprint density at radius 1 is 1.38 bits per heavy atom. The maximum atomic E-state index is 5.26. The minimum atomic E-state index is 0.633. The highest BCUT2D eigenvalue weighted by molar-refractivity contribution is 5.42. The van der Waals surface area contributed by atoms with Gasteiger partial charge in [0.25, 0.3) is 0 Å². The number of nitrogens with one attached hydrogen (secondary N) is 2. The van der Waals surface area contributed by atoms with Crippen LogP contribution in [0, 0.1) is 0 Å². The van der Waals surface area contributed by atoms with Crippen LogP contribution in [0.1, 0.15) is 12.6 Å². The van der Waals surface area contributed by atoms with Crippen molar-refractivity contribution in [2.24, 2.45) is 0 Å². The van der Waals surface area contributed by atoms with E-state index in [0.29, 0.717) is 19.0 Å². The normalized spacial score (nSPS) is 10.1. The Bertz CT molecular complexity index is 410. The van der Waals surface area contributed by atoms with Gasteiger partial charge in [-0.3, -0.25) is 5.10 Å². The van der Waals surface area contributed by atoms with Gasteiger partial charge in [0.05, 0.1) is 30.7 Å². The van der Waals surface area contributed by atoms with E-state index in [4.69, 9.17) is 4.74 Å². The number of nitrogens with zero attached hydrogens (tertiary/aromatic N) is 2. The SMILES string of the molecule is CCOc1ccc(NCc2ccn[nH]2)cn1. The molecule has 0 bridgehead atoms. The summed E-state index contributed by atoms with van der Waals surface area (Å²) in [5, 5.41) is 9.98. The number of anilines is 1. The van der Waals surface area contributed by atoms with Crippen LogP contribution in [0.15, 0.2) is 30.6 Å².